The molecule has 7 nitrogen and oxygen atoms in total. The Kier molecular flexibility index (Phi) is 6.34. The number of nitrogens with zero attached hydrogens (tertiary/aromatic N) is 1. The van der Waals surface area contributed by atoms with Gasteiger partial charge in [0, 0.05) is 12.7 Å². The standard InChI is InChI=1S/C12H17N3O4/c1-18-6-7-19-8-11(16)14-10-5-3-2-4-9(10)12(13)15-17/h2-5,17H,6-8H2,1H3,(H2,13,15)(H,14,16). The number of nitrogens with one attached hydrogen (secondary N) is 1. The van der Waals surface area contributed by atoms with Gasteiger partial charge in [0.1, 0.15) is 6.61 Å². The molecule has 0 fully saturated rings. The number of ether oxygens (including phenoxy) is 2. The van der Waals surface area contributed by atoms with Crippen LogP contribution in [0.3, 0.4) is 0 Å². The van der Waals surface area contributed by atoms with E-state index in [1.54, 1.807) is 31.4 Å². The molecular weight excluding hydrogens is 250 g/mol. The number of amidine groups is 1. The highest BCUT2D eigenvalue weighted by molar-refractivity contribution is 6.05. The lowest BCUT2D eigenvalue weighted by molar-refractivity contribution is -0.121. The first-order valence-corrected chi connectivity index (χ1v) is 5.62. The second kappa shape index (κ2) is 8.06. The Labute approximate surface area is 111 Å². The smallest absolute Gasteiger partial charge is 0.250 e. The van der Waals surface area contributed by atoms with E-state index in [1.165, 1.54) is 0 Å². The summed E-state index contributed by atoms with van der Waals surface area (Å²) in [5.41, 5.74) is 6.41. The molecule has 1 aromatic rings. The summed E-state index contributed by atoms with van der Waals surface area (Å²) in [6.07, 6.45) is 0. The van der Waals surface area contributed by atoms with Crippen LogP contribution in [0.15, 0.2) is 29.4 Å². The van der Waals surface area contributed by atoms with Crippen molar-refractivity contribution in [1.82, 2.24) is 0 Å². The highest BCUT2D eigenvalue weighted by Crippen LogP contribution is 2.14. The van der Waals surface area contributed by atoms with E-state index >= 15 is 0 Å². The van der Waals surface area contributed by atoms with E-state index in [-0.39, 0.29) is 18.3 Å². The van der Waals surface area contributed by atoms with Crippen LogP contribution in [0.5, 0.6) is 0 Å². The molecule has 0 bridgehead atoms. The van der Waals surface area contributed by atoms with Crippen molar-refractivity contribution in [2.24, 2.45) is 10.9 Å². The van der Waals surface area contributed by atoms with E-state index in [2.05, 4.69) is 10.5 Å². The molecule has 4 N–H and O–H groups in total. The highest BCUT2D eigenvalue weighted by atomic mass is 16.5. The number of amides is 1. The molecule has 0 heterocycles. The van der Waals surface area contributed by atoms with Crippen molar-refractivity contribution < 1.29 is 19.5 Å². The minimum absolute atomic E-state index is 0.0730. The van der Waals surface area contributed by atoms with Crippen LogP contribution in [0, 0.1) is 0 Å². The van der Waals surface area contributed by atoms with Gasteiger partial charge >= 0.3 is 0 Å². The number of carbonyl (C=O) groups excluding carboxylic acids is 1. The Morgan fingerprint density at radius 2 is 2.16 bits per heavy atom. The minimum atomic E-state index is -0.325. The van der Waals surface area contributed by atoms with E-state index in [0.29, 0.717) is 24.5 Å². The molecule has 1 aromatic carbocycles. The summed E-state index contributed by atoms with van der Waals surface area (Å²) in [5, 5.41) is 14.2. The molecule has 1 rings (SSSR count). The number of carbonyl (C=O) groups is 1. The fourth-order valence-corrected chi connectivity index (χ4v) is 1.36. The molecule has 0 aliphatic carbocycles. The molecular formula is C12H17N3O4. The van der Waals surface area contributed by atoms with Gasteiger partial charge in [0.25, 0.3) is 0 Å². The van der Waals surface area contributed by atoms with Crippen molar-refractivity contribution in [2.75, 3.05) is 32.2 Å². The Balaban J connectivity index is 2.59. The van der Waals surface area contributed by atoms with Crippen LogP contribution >= 0.6 is 0 Å². The number of methoxy groups -OCH3 is 1. The summed E-state index contributed by atoms with van der Waals surface area (Å²) in [6, 6.07) is 6.74. The van der Waals surface area contributed by atoms with Gasteiger partial charge in [-0.05, 0) is 12.1 Å². The van der Waals surface area contributed by atoms with Gasteiger partial charge in [0.05, 0.1) is 18.9 Å². The van der Waals surface area contributed by atoms with Gasteiger partial charge in [-0.2, -0.15) is 0 Å². The van der Waals surface area contributed by atoms with Crippen LogP contribution in [0.4, 0.5) is 5.69 Å². The number of para-hydroxylation sites is 1. The molecule has 0 aromatic heterocycles. The van der Waals surface area contributed by atoms with E-state index in [1.807, 2.05) is 0 Å². The SMILES string of the molecule is COCCOCC(=O)Nc1ccccc1/C(N)=N/O. The summed E-state index contributed by atoms with van der Waals surface area (Å²) in [7, 11) is 1.55. The maximum Gasteiger partial charge on any atom is 0.250 e. The molecule has 1 amide bonds. The average Bonchev–Trinajstić information content (AvgIpc) is 2.43. The largest absolute Gasteiger partial charge is 0.409 e. The maximum absolute atomic E-state index is 11.6. The molecule has 0 saturated heterocycles. The predicted molar refractivity (Wildman–Crippen MR) is 70.3 cm³/mol. The predicted octanol–water partition coefficient (Wildman–Crippen LogP) is 0.383. The zero-order valence-corrected chi connectivity index (χ0v) is 10.6. The quantitative estimate of drug-likeness (QED) is 0.218. The maximum atomic E-state index is 11.6. The van der Waals surface area contributed by atoms with Gasteiger partial charge in [0.15, 0.2) is 5.84 Å². The summed E-state index contributed by atoms with van der Waals surface area (Å²) in [4.78, 5) is 11.6. The topological polar surface area (TPSA) is 106 Å². The monoisotopic (exact) mass is 267 g/mol. The molecule has 7 heteroatoms. The number of nitrogens with two attached hydrogens (primary N) is 1. The highest BCUT2D eigenvalue weighted by Gasteiger charge is 2.09. The fourth-order valence-electron chi connectivity index (χ4n) is 1.36. The summed E-state index contributed by atoms with van der Waals surface area (Å²) >= 11 is 0. The molecule has 19 heavy (non-hydrogen) atoms. The van der Waals surface area contributed by atoms with E-state index in [9.17, 15) is 4.79 Å². The van der Waals surface area contributed by atoms with Gasteiger partial charge in [0.2, 0.25) is 5.91 Å². The lowest BCUT2D eigenvalue weighted by Gasteiger charge is -2.10. The van der Waals surface area contributed by atoms with Crippen molar-refractivity contribution in [2.45, 2.75) is 0 Å². The normalized spacial score (nSPS) is 11.3. The number of rotatable bonds is 7. The molecule has 104 valence electrons. The molecule has 0 atom stereocenters. The Morgan fingerprint density at radius 1 is 1.42 bits per heavy atom. The third kappa shape index (κ3) is 4.94. The van der Waals surface area contributed by atoms with Crippen LogP contribution in [-0.2, 0) is 14.3 Å². The zero-order valence-electron chi connectivity index (χ0n) is 10.6. The van der Waals surface area contributed by atoms with Gasteiger partial charge in [-0.25, -0.2) is 0 Å². The average molecular weight is 267 g/mol. The van der Waals surface area contributed by atoms with Gasteiger partial charge in [-0.15, -0.1) is 0 Å². The third-order valence-electron chi connectivity index (χ3n) is 2.25. The number of anilines is 1. The van der Waals surface area contributed by atoms with E-state index in [0.717, 1.165) is 0 Å². The Morgan fingerprint density at radius 3 is 2.84 bits per heavy atom. The van der Waals surface area contributed by atoms with Gasteiger partial charge < -0.3 is 25.7 Å². The van der Waals surface area contributed by atoms with Gasteiger partial charge in [-0.1, -0.05) is 17.3 Å². The second-order valence-electron chi connectivity index (χ2n) is 3.62. The Bertz CT molecular complexity index is 448. The number of oxime groups is 1. The first kappa shape index (κ1) is 14.9. The second-order valence-corrected chi connectivity index (χ2v) is 3.62. The molecule has 0 radical (unpaired) electrons. The summed E-state index contributed by atoms with van der Waals surface area (Å²) in [5.74, 6) is -0.398. The van der Waals surface area contributed by atoms with Crippen LogP contribution in [0.1, 0.15) is 5.56 Å². The minimum Gasteiger partial charge on any atom is -0.409 e. The van der Waals surface area contributed by atoms with Crippen LogP contribution < -0.4 is 11.1 Å². The summed E-state index contributed by atoms with van der Waals surface area (Å²) in [6.45, 7) is 0.674. The van der Waals surface area contributed by atoms with E-state index < -0.39 is 0 Å². The van der Waals surface area contributed by atoms with Crippen molar-refractivity contribution in [3.05, 3.63) is 29.8 Å². The Hall–Kier alpha value is -2.12. The number of hydrogen-bond acceptors (Lipinski definition) is 5. The number of hydrogen-bond donors (Lipinski definition) is 3. The van der Waals surface area contributed by atoms with Crippen LogP contribution in [0.2, 0.25) is 0 Å². The molecule has 0 aliphatic rings. The van der Waals surface area contributed by atoms with Crippen LogP contribution in [0.25, 0.3) is 0 Å². The molecule has 0 aliphatic heterocycles. The van der Waals surface area contributed by atoms with Gasteiger partial charge in [-0.3, -0.25) is 4.79 Å². The van der Waals surface area contributed by atoms with E-state index in [4.69, 9.17) is 20.4 Å². The first-order valence-electron chi connectivity index (χ1n) is 5.62. The van der Waals surface area contributed by atoms with Crippen molar-refractivity contribution in [3.63, 3.8) is 0 Å². The molecule has 0 spiro atoms. The zero-order chi connectivity index (χ0) is 14.1. The van der Waals surface area contributed by atoms with Crippen molar-refractivity contribution >= 4 is 17.4 Å². The molecule has 0 unspecified atom stereocenters. The summed E-state index contributed by atoms with van der Waals surface area (Å²) < 4.78 is 9.88. The van der Waals surface area contributed by atoms with Crippen LogP contribution in [-0.4, -0.2) is 43.9 Å². The molecule has 0 saturated carbocycles. The van der Waals surface area contributed by atoms with Crippen molar-refractivity contribution in [3.8, 4) is 0 Å². The number of benzene rings is 1. The van der Waals surface area contributed by atoms with Crippen molar-refractivity contribution in [1.29, 1.82) is 0 Å². The third-order valence-corrected chi connectivity index (χ3v) is 2.25. The first-order chi connectivity index (χ1) is 9.19. The lowest BCUT2D eigenvalue weighted by Crippen LogP contribution is -2.22. The fraction of sp³-hybridized carbons (Fsp3) is 0.333. The lowest BCUT2D eigenvalue weighted by atomic mass is 10.1.